The van der Waals surface area contributed by atoms with E-state index < -0.39 is 17.6 Å². The van der Waals surface area contributed by atoms with Crippen LogP contribution in [-0.4, -0.2) is 41.6 Å². The number of benzene rings is 2. The quantitative estimate of drug-likeness (QED) is 0.501. The number of nitrogens with zero attached hydrogens (tertiary/aromatic N) is 1. The highest BCUT2D eigenvalue weighted by Crippen LogP contribution is 2.55. The summed E-state index contributed by atoms with van der Waals surface area (Å²) in [5.74, 6) is 1.19. The predicted molar refractivity (Wildman–Crippen MR) is 133 cm³/mol. The molecule has 3 amide bonds. The van der Waals surface area contributed by atoms with Gasteiger partial charge in [0, 0.05) is 5.92 Å². The van der Waals surface area contributed by atoms with Crippen molar-refractivity contribution < 1.29 is 23.9 Å². The fourth-order valence-corrected chi connectivity index (χ4v) is 5.67. The molecule has 1 N–H and O–H groups in total. The minimum absolute atomic E-state index is 0.100. The maximum Gasteiger partial charge on any atom is 0.408 e. The molecule has 4 atom stereocenters. The predicted octanol–water partition coefficient (Wildman–Crippen LogP) is 3.54. The van der Waals surface area contributed by atoms with Gasteiger partial charge >= 0.3 is 6.09 Å². The van der Waals surface area contributed by atoms with E-state index in [1.807, 2.05) is 61.5 Å². The molecule has 2 saturated heterocycles. The Morgan fingerprint density at radius 3 is 2.72 bits per heavy atom. The molecule has 36 heavy (non-hydrogen) atoms. The summed E-state index contributed by atoms with van der Waals surface area (Å²) in [6.07, 6.45) is 7.11. The molecule has 5 rings (SSSR count). The maximum atomic E-state index is 13.5. The summed E-state index contributed by atoms with van der Waals surface area (Å²) in [5, 5.41) is 2.47. The molecule has 2 heterocycles. The third kappa shape index (κ3) is 4.40. The van der Waals surface area contributed by atoms with Crippen LogP contribution in [0.25, 0.3) is 6.08 Å². The number of terminal acetylenes is 1. The summed E-state index contributed by atoms with van der Waals surface area (Å²) in [7, 11) is 0. The molecule has 3 aliphatic rings. The van der Waals surface area contributed by atoms with Gasteiger partial charge in [-0.3, -0.25) is 14.5 Å². The van der Waals surface area contributed by atoms with Gasteiger partial charge in [-0.1, -0.05) is 60.5 Å². The molecule has 7 heteroatoms. The Hall–Kier alpha value is -3.89. The minimum Gasteiger partial charge on any atom is -0.445 e. The lowest BCUT2D eigenvalue weighted by Crippen LogP contribution is -2.40. The summed E-state index contributed by atoms with van der Waals surface area (Å²) in [6, 6.07) is 17.3. The van der Waals surface area contributed by atoms with Crippen molar-refractivity contribution in [3.05, 3.63) is 76.9 Å². The number of imide groups is 1. The average molecular weight is 485 g/mol. The molecule has 3 fully saturated rings. The summed E-state index contributed by atoms with van der Waals surface area (Å²) < 4.78 is 11.4. The van der Waals surface area contributed by atoms with Gasteiger partial charge in [-0.15, -0.1) is 6.42 Å². The first-order valence-electron chi connectivity index (χ1n) is 12.1. The number of ether oxygens (including phenoxy) is 2. The molecular weight excluding hydrogens is 456 g/mol. The Balaban J connectivity index is 1.36. The second-order valence-electron chi connectivity index (χ2n) is 9.71. The number of carbonyl (C=O) groups excluding carboxylic acids is 3. The first-order valence-corrected chi connectivity index (χ1v) is 12.1. The van der Waals surface area contributed by atoms with E-state index in [0.29, 0.717) is 19.6 Å². The second kappa shape index (κ2) is 9.63. The van der Waals surface area contributed by atoms with Gasteiger partial charge in [-0.2, -0.15) is 0 Å². The van der Waals surface area contributed by atoms with E-state index in [1.54, 1.807) is 0 Å². The number of carbonyl (C=O) groups is 3. The maximum absolute atomic E-state index is 13.5. The first kappa shape index (κ1) is 23.8. The highest BCUT2D eigenvalue weighted by atomic mass is 16.5. The Kier molecular flexibility index (Phi) is 6.38. The third-order valence-electron chi connectivity index (χ3n) is 7.36. The number of nitrogens with one attached hydrogen (secondary N) is 1. The normalized spacial score (nSPS) is 27.6. The van der Waals surface area contributed by atoms with Gasteiger partial charge in [-0.05, 0) is 41.7 Å². The second-order valence-corrected chi connectivity index (χ2v) is 9.71. The number of alkyl carbamates (subject to hydrolysis) is 1. The van der Waals surface area contributed by atoms with Crippen molar-refractivity contribution in [2.75, 3.05) is 13.2 Å². The largest absolute Gasteiger partial charge is 0.445 e. The van der Waals surface area contributed by atoms with Gasteiger partial charge in [0.1, 0.15) is 6.61 Å². The SMILES string of the molecule is C#CCNC(=O)OCc1cccc(/C=C2\[C@@H]3CO[C@@]2(C)C[C@H]2C(=O)N(Cc4ccccc4)C(=O)[C@H]23)c1. The van der Waals surface area contributed by atoms with E-state index in [-0.39, 0.29) is 36.8 Å². The molecule has 0 spiro atoms. The number of fused-ring (bicyclic) bond motifs is 4. The Morgan fingerprint density at radius 1 is 1.17 bits per heavy atom. The highest BCUT2D eigenvalue weighted by Gasteiger charge is 2.62. The third-order valence-corrected chi connectivity index (χ3v) is 7.36. The molecule has 2 aromatic carbocycles. The zero-order valence-corrected chi connectivity index (χ0v) is 20.1. The van der Waals surface area contributed by atoms with Crippen molar-refractivity contribution in [3.8, 4) is 12.3 Å². The van der Waals surface area contributed by atoms with Crippen LogP contribution in [0.15, 0.2) is 60.2 Å². The van der Waals surface area contributed by atoms with Crippen LogP contribution in [0.5, 0.6) is 0 Å². The molecule has 2 aliphatic heterocycles. The number of rotatable bonds is 6. The zero-order valence-electron chi connectivity index (χ0n) is 20.1. The van der Waals surface area contributed by atoms with Gasteiger partial charge in [0.15, 0.2) is 0 Å². The van der Waals surface area contributed by atoms with E-state index in [2.05, 4.69) is 17.3 Å². The molecule has 184 valence electrons. The molecule has 2 aromatic rings. The Bertz CT molecular complexity index is 1260. The molecule has 0 aromatic heterocycles. The lowest BCUT2D eigenvalue weighted by molar-refractivity contribution is -0.141. The number of likely N-dealkylation sites (tertiary alicyclic amines) is 1. The minimum atomic E-state index is -0.605. The topological polar surface area (TPSA) is 84.9 Å². The lowest BCUT2D eigenvalue weighted by Gasteiger charge is -2.36. The van der Waals surface area contributed by atoms with Crippen molar-refractivity contribution in [1.82, 2.24) is 10.2 Å². The smallest absolute Gasteiger partial charge is 0.408 e. The van der Waals surface area contributed by atoms with Gasteiger partial charge in [0.05, 0.1) is 37.1 Å². The van der Waals surface area contributed by atoms with Gasteiger partial charge in [0.25, 0.3) is 0 Å². The number of amides is 3. The van der Waals surface area contributed by atoms with Crippen molar-refractivity contribution in [1.29, 1.82) is 0 Å². The van der Waals surface area contributed by atoms with Crippen LogP contribution in [0.2, 0.25) is 0 Å². The van der Waals surface area contributed by atoms with E-state index in [9.17, 15) is 14.4 Å². The molecule has 7 nitrogen and oxygen atoms in total. The van der Waals surface area contributed by atoms with E-state index >= 15 is 0 Å². The first-order chi connectivity index (χ1) is 17.4. The van der Waals surface area contributed by atoms with Crippen LogP contribution in [0, 0.1) is 30.1 Å². The van der Waals surface area contributed by atoms with E-state index in [0.717, 1.165) is 22.3 Å². The molecule has 1 saturated carbocycles. The summed E-state index contributed by atoms with van der Waals surface area (Å²) in [5.41, 5.74) is 3.12. The zero-order chi connectivity index (χ0) is 25.3. The van der Waals surface area contributed by atoms with Gasteiger partial charge in [-0.25, -0.2) is 4.79 Å². The van der Waals surface area contributed by atoms with Crippen molar-refractivity contribution in [3.63, 3.8) is 0 Å². The highest BCUT2D eigenvalue weighted by molar-refractivity contribution is 6.06. The number of hydrogen-bond donors (Lipinski definition) is 1. The van der Waals surface area contributed by atoms with Crippen LogP contribution < -0.4 is 5.32 Å². The molecule has 0 unspecified atom stereocenters. The fraction of sp³-hybridized carbons (Fsp3) is 0.345. The van der Waals surface area contributed by atoms with Crippen LogP contribution in [0.3, 0.4) is 0 Å². The summed E-state index contributed by atoms with van der Waals surface area (Å²) >= 11 is 0. The average Bonchev–Trinajstić information content (AvgIpc) is 3.23. The van der Waals surface area contributed by atoms with Crippen molar-refractivity contribution in [2.45, 2.75) is 32.1 Å². The van der Waals surface area contributed by atoms with E-state index in [4.69, 9.17) is 15.9 Å². The van der Waals surface area contributed by atoms with E-state index in [1.165, 1.54) is 4.90 Å². The van der Waals surface area contributed by atoms with Crippen LogP contribution in [0.4, 0.5) is 4.79 Å². The standard InChI is InChI=1S/C29H28N2O5/c1-3-12-30-28(34)35-17-21-11-7-10-20(13-21)14-24-23-18-36-29(24,2)15-22-25(23)27(33)31(26(22)32)16-19-8-5-4-6-9-19/h1,4-11,13-14,22-23,25H,12,15-18H2,2H3,(H,30,34)/b24-14+/t22-,23+,25-,29+/m1/s1. The van der Waals surface area contributed by atoms with Crippen LogP contribution in [0.1, 0.15) is 30.0 Å². The van der Waals surface area contributed by atoms with Gasteiger partial charge < -0.3 is 14.8 Å². The van der Waals surface area contributed by atoms with Crippen molar-refractivity contribution in [2.24, 2.45) is 17.8 Å². The molecule has 2 bridgehead atoms. The molecule has 1 aliphatic carbocycles. The molecule has 0 radical (unpaired) electrons. The fourth-order valence-electron chi connectivity index (χ4n) is 5.67. The monoisotopic (exact) mass is 484 g/mol. The molecular formula is C29H28N2O5. The number of hydrogen-bond acceptors (Lipinski definition) is 5. The van der Waals surface area contributed by atoms with Crippen LogP contribution >= 0.6 is 0 Å². The lowest BCUT2D eigenvalue weighted by atomic mass is 9.66. The summed E-state index contributed by atoms with van der Waals surface area (Å²) in [4.78, 5) is 39.9. The Morgan fingerprint density at radius 2 is 1.94 bits per heavy atom. The van der Waals surface area contributed by atoms with Crippen molar-refractivity contribution >= 4 is 24.0 Å². The van der Waals surface area contributed by atoms with Gasteiger partial charge in [0.2, 0.25) is 11.8 Å². The van der Waals surface area contributed by atoms with Crippen LogP contribution in [-0.2, 0) is 32.2 Å². The Labute approximate surface area is 210 Å². The summed E-state index contributed by atoms with van der Waals surface area (Å²) in [6.45, 7) is 2.94.